The van der Waals surface area contributed by atoms with Crippen molar-refractivity contribution in [3.05, 3.63) is 87.2 Å². The molecule has 2 aromatic carbocycles. The summed E-state index contributed by atoms with van der Waals surface area (Å²) in [5.41, 5.74) is 4.49. The predicted molar refractivity (Wildman–Crippen MR) is 133 cm³/mol. The zero-order chi connectivity index (χ0) is 24.4. The summed E-state index contributed by atoms with van der Waals surface area (Å²) < 4.78 is 11.4. The van der Waals surface area contributed by atoms with Gasteiger partial charge < -0.3 is 14.8 Å². The second kappa shape index (κ2) is 10.1. The van der Waals surface area contributed by atoms with Crippen molar-refractivity contribution >= 4 is 23.4 Å². The number of carbonyl (C=O) groups excluding carboxylic acids is 2. The summed E-state index contributed by atoms with van der Waals surface area (Å²) in [5.74, 6) is -0.269. The van der Waals surface area contributed by atoms with Crippen LogP contribution >= 0.6 is 11.6 Å². The minimum atomic E-state index is -0.553. The van der Waals surface area contributed by atoms with Gasteiger partial charge >= 0.3 is 5.97 Å². The molecule has 0 amide bonds. The van der Waals surface area contributed by atoms with E-state index < -0.39 is 11.9 Å². The molecule has 6 heteroatoms. The number of hydrogen-bond acceptors (Lipinski definition) is 5. The number of nitrogens with one attached hydrogen (secondary N) is 1. The number of ketones is 1. The number of methoxy groups -OCH3 is 1. The molecule has 178 valence electrons. The van der Waals surface area contributed by atoms with E-state index in [1.54, 1.807) is 7.11 Å². The molecule has 1 aliphatic carbocycles. The van der Waals surface area contributed by atoms with Gasteiger partial charge in [-0.1, -0.05) is 48.9 Å². The van der Waals surface area contributed by atoms with Crippen molar-refractivity contribution in [3.63, 3.8) is 0 Å². The van der Waals surface area contributed by atoms with Gasteiger partial charge in [0.2, 0.25) is 0 Å². The first kappa shape index (κ1) is 24.1. The third-order valence-corrected chi connectivity index (χ3v) is 6.97. The molecule has 0 spiro atoms. The lowest BCUT2D eigenvalue weighted by atomic mass is 9.71. The van der Waals surface area contributed by atoms with Gasteiger partial charge in [-0.2, -0.15) is 0 Å². The molecular weight excluding hydrogens is 450 g/mol. The van der Waals surface area contributed by atoms with Crippen molar-refractivity contribution in [2.45, 2.75) is 58.0 Å². The highest BCUT2D eigenvalue weighted by Gasteiger charge is 2.42. The first-order valence-electron chi connectivity index (χ1n) is 11.7. The number of ether oxygens (including phenoxy) is 2. The molecule has 2 aromatic rings. The van der Waals surface area contributed by atoms with E-state index in [0.717, 1.165) is 16.8 Å². The molecule has 0 radical (unpaired) electrons. The van der Waals surface area contributed by atoms with Crippen LogP contribution in [0.25, 0.3) is 0 Å². The van der Waals surface area contributed by atoms with Crippen molar-refractivity contribution in [2.75, 3.05) is 7.11 Å². The summed E-state index contributed by atoms with van der Waals surface area (Å²) in [4.78, 5) is 27.0. The molecule has 0 unspecified atom stereocenters. The molecule has 0 aromatic heterocycles. The van der Waals surface area contributed by atoms with Gasteiger partial charge in [-0.3, -0.25) is 4.79 Å². The lowest BCUT2D eigenvalue weighted by Gasteiger charge is -2.37. The van der Waals surface area contributed by atoms with Gasteiger partial charge in [0.25, 0.3) is 0 Å². The van der Waals surface area contributed by atoms with Gasteiger partial charge in [-0.15, -0.1) is 0 Å². The summed E-state index contributed by atoms with van der Waals surface area (Å²) in [6.07, 6.45) is 1.51. The SMILES string of the molecule is CC[C@H](C)OC(=O)C1=C(C)NC2=C(C(=O)C[C@H](c3ccc(Cl)cc3)C2)[C@@H]1c1ccccc1OC. The molecule has 0 fully saturated rings. The quantitative estimate of drug-likeness (QED) is 0.511. The Labute approximate surface area is 205 Å². The highest BCUT2D eigenvalue weighted by atomic mass is 35.5. The van der Waals surface area contributed by atoms with Crippen molar-refractivity contribution in [1.82, 2.24) is 5.32 Å². The average molecular weight is 480 g/mol. The van der Waals surface area contributed by atoms with Crippen LogP contribution in [-0.4, -0.2) is 25.0 Å². The zero-order valence-electron chi connectivity index (χ0n) is 20.0. The molecule has 1 N–H and O–H groups in total. The Bertz CT molecular complexity index is 1170. The number of Topliss-reactive ketones (excluding diaryl/α,β-unsaturated/α-hetero) is 1. The highest BCUT2D eigenvalue weighted by molar-refractivity contribution is 6.30. The summed E-state index contributed by atoms with van der Waals surface area (Å²) in [7, 11) is 1.60. The standard InChI is InChI=1S/C28H30ClNO4/c1-5-16(2)34-28(32)25-17(3)30-22-14-19(18-10-12-20(29)13-11-18)15-23(31)27(22)26(25)21-8-6-7-9-24(21)33-4/h6-13,16,19,26,30H,5,14-15H2,1-4H3/t16-,19+,26+/m0/s1. The second-order valence-corrected chi connectivity index (χ2v) is 9.37. The number of hydrogen-bond donors (Lipinski definition) is 1. The van der Waals surface area contributed by atoms with E-state index in [9.17, 15) is 9.59 Å². The fourth-order valence-electron chi connectivity index (χ4n) is 4.83. The van der Waals surface area contributed by atoms with E-state index in [2.05, 4.69) is 5.32 Å². The van der Waals surface area contributed by atoms with Gasteiger partial charge in [0.1, 0.15) is 5.75 Å². The Morgan fingerprint density at radius 3 is 2.53 bits per heavy atom. The number of halogens is 1. The molecule has 4 rings (SSSR count). The summed E-state index contributed by atoms with van der Waals surface area (Å²) in [6.45, 7) is 5.71. The molecule has 2 aliphatic rings. The smallest absolute Gasteiger partial charge is 0.337 e. The third-order valence-electron chi connectivity index (χ3n) is 6.72. The van der Waals surface area contributed by atoms with Crippen molar-refractivity contribution in [3.8, 4) is 5.75 Å². The topological polar surface area (TPSA) is 64.6 Å². The van der Waals surface area contributed by atoms with Crippen LogP contribution in [-0.2, 0) is 14.3 Å². The lowest BCUT2D eigenvalue weighted by Crippen LogP contribution is -2.36. The number of carbonyl (C=O) groups is 2. The Morgan fingerprint density at radius 2 is 1.85 bits per heavy atom. The van der Waals surface area contributed by atoms with Crippen LogP contribution in [0.15, 0.2) is 71.1 Å². The molecular formula is C28H30ClNO4. The van der Waals surface area contributed by atoms with E-state index in [1.807, 2.05) is 69.3 Å². The van der Waals surface area contributed by atoms with Gasteiger partial charge in [-0.25, -0.2) is 4.79 Å². The monoisotopic (exact) mass is 479 g/mol. The van der Waals surface area contributed by atoms with Crippen LogP contribution in [0.3, 0.4) is 0 Å². The zero-order valence-corrected chi connectivity index (χ0v) is 20.7. The average Bonchev–Trinajstić information content (AvgIpc) is 2.83. The van der Waals surface area contributed by atoms with Gasteiger partial charge in [0, 0.05) is 34.0 Å². The molecule has 0 bridgehead atoms. The normalized spacial score (nSPS) is 21.0. The van der Waals surface area contributed by atoms with Gasteiger partial charge in [-0.05, 0) is 56.4 Å². The minimum Gasteiger partial charge on any atom is -0.496 e. The predicted octanol–water partition coefficient (Wildman–Crippen LogP) is 6.05. The summed E-state index contributed by atoms with van der Waals surface area (Å²) in [6, 6.07) is 15.2. The highest BCUT2D eigenvalue weighted by Crippen LogP contribution is 2.47. The van der Waals surface area contributed by atoms with Crippen molar-refractivity contribution in [1.29, 1.82) is 0 Å². The maximum absolute atomic E-state index is 13.7. The Morgan fingerprint density at radius 1 is 1.15 bits per heavy atom. The second-order valence-electron chi connectivity index (χ2n) is 8.93. The Hall–Kier alpha value is -3.05. The van der Waals surface area contributed by atoms with Crippen LogP contribution in [0.1, 0.15) is 63.0 Å². The first-order valence-corrected chi connectivity index (χ1v) is 12.0. The maximum atomic E-state index is 13.7. The molecule has 0 saturated heterocycles. The summed E-state index contributed by atoms with van der Waals surface area (Å²) in [5, 5.41) is 4.06. The molecule has 34 heavy (non-hydrogen) atoms. The number of esters is 1. The maximum Gasteiger partial charge on any atom is 0.337 e. The lowest BCUT2D eigenvalue weighted by molar-refractivity contribution is -0.144. The molecule has 3 atom stereocenters. The minimum absolute atomic E-state index is 0.0194. The van der Waals surface area contributed by atoms with Crippen LogP contribution in [0.5, 0.6) is 5.75 Å². The third kappa shape index (κ3) is 4.62. The van der Waals surface area contributed by atoms with Crippen LogP contribution in [0, 0.1) is 0 Å². The van der Waals surface area contributed by atoms with Crippen molar-refractivity contribution in [2.24, 2.45) is 0 Å². The summed E-state index contributed by atoms with van der Waals surface area (Å²) >= 11 is 6.07. The van der Waals surface area contributed by atoms with Crippen LogP contribution in [0.2, 0.25) is 5.02 Å². The van der Waals surface area contributed by atoms with E-state index in [0.29, 0.717) is 46.9 Å². The number of rotatable bonds is 6. The van der Waals surface area contributed by atoms with Crippen LogP contribution < -0.4 is 10.1 Å². The number of para-hydroxylation sites is 1. The fourth-order valence-corrected chi connectivity index (χ4v) is 4.95. The Kier molecular flexibility index (Phi) is 7.13. The number of dihydropyridines is 1. The largest absolute Gasteiger partial charge is 0.496 e. The number of allylic oxidation sites excluding steroid dienone is 3. The van der Waals surface area contributed by atoms with Gasteiger partial charge in [0.05, 0.1) is 24.7 Å². The molecule has 1 heterocycles. The number of benzene rings is 2. The molecule has 5 nitrogen and oxygen atoms in total. The van der Waals surface area contributed by atoms with Crippen LogP contribution in [0.4, 0.5) is 0 Å². The van der Waals surface area contributed by atoms with Gasteiger partial charge in [0.15, 0.2) is 5.78 Å². The van der Waals surface area contributed by atoms with E-state index in [1.165, 1.54) is 0 Å². The van der Waals surface area contributed by atoms with E-state index in [4.69, 9.17) is 21.1 Å². The fraction of sp³-hybridized carbons (Fsp3) is 0.357. The van der Waals surface area contributed by atoms with Crippen molar-refractivity contribution < 1.29 is 19.1 Å². The Balaban J connectivity index is 1.81. The molecule has 1 aliphatic heterocycles. The van der Waals surface area contributed by atoms with E-state index >= 15 is 0 Å². The first-order chi connectivity index (χ1) is 16.3. The van der Waals surface area contributed by atoms with E-state index in [-0.39, 0.29) is 17.8 Å². The molecule has 0 saturated carbocycles.